The lowest BCUT2D eigenvalue weighted by Crippen LogP contribution is -2.27. The van der Waals surface area contributed by atoms with Crippen molar-refractivity contribution in [3.05, 3.63) is 107 Å². The first kappa shape index (κ1) is 28.4. The van der Waals surface area contributed by atoms with Crippen LogP contribution in [0.25, 0.3) is 0 Å². The van der Waals surface area contributed by atoms with E-state index in [1.54, 1.807) is 54.6 Å². The highest BCUT2D eigenvalue weighted by Gasteiger charge is 2.40. The van der Waals surface area contributed by atoms with Crippen LogP contribution in [-0.4, -0.2) is 39.4 Å². The van der Waals surface area contributed by atoms with Gasteiger partial charge in [-0.2, -0.15) is 0 Å². The number of phenolic OH excluding ortho intramolecular Hbond substituents is 3. The Bertz CT molecular complexity index is 1600. The zero-order valence-corrected chi connectivity index (χ0v) is 23.8. The molecule has 2 aliphatic heterocycles. The number of hydrogen-bond donors (Lipinski definition) is 4. The van der Waals surface area contributed by atoms with Gasteiger partial charge in [-0.15, -0.1) is 0 Å². The molecule has 43 heavy (non-hydrogen) atoms. The summed E-state index contributed by atoms with van der Waals surface area (Å²) in [7, 11) is 1.51. The molecule has 1 unspecified atom stereocenters. The highest BCUT2D eigenvalue weighted by molar-refractivity contribution is 6.03. The Morgan fingerprint density at radius 1 is 0.837 bits per heavy atom. The summed E-state index contributed by atoms with van der Waals surface area (Å²) in [5.74, 6) is 1.43. The number of carbonyl (C=O) groups excluding carboxylic acids is 1. The molecular weight excluding hydrogens is 548 g/mol. The SMILES string of the molecule is COc1cc2c(c3c1C(=O)CC(c1ccc(O)cc1)O3)[C@H](C[C@@H](O)CCc1ccc(O)cc1)C[C@H](c1ccc(O)cc1)O2. The Morgan fingerprint density at radius 3 is 2.02 bits per heavy atom. The number of carbonyl (C=O) groups is 1. The molecule has 0 aliphatic carbocycles. The van der Waals surface area contributed by atoms with Crippen LogP contribution in [0, 0.1) is 0 Å². The summed E-state index contributed by atoms with van der Waals surface area (Å²) in [6.45, 7) is 0. The van der Waals surface area contributed by atoms with Gasteiger partial charge in [0.25, 0.3) is 0 Å². The van der Waals surface area contributed by atoms with Crippen LogP contribution in [0.4, 0.5) is 0 Å². The monoisotopic (exact) mass is 582 g/mol. The highest BCUT2D eigenvalue weighted by Crippen LogP contribution is 2.54. The topological polar surface area (TPSA) is 126 Å². The largest absolute Gasteiger partial charge is 0.508 e. The summed E-state index contributed by atoms with van der Waals surface area (Å²) in [6.07, 6.45) is 0.605. The fourth-order valence-corrected chi connectivity index (χ4v) is 6.12. The van der Waals surface area contributed by atoms with Gasteiger partial charge in [-0.1, -0.05) is 36.4 Å². The fourth-order valence-electron chi connectivity index (χ4n) is 6.12. The van der Waals surface area contributed by atoms with Crippen LogP contribution in [0.1, 0.15) is 76.4 Å². The van der Waals surface area contributed by atoms with E-state index < -0.39 is 12.2 Å². The van der Waals surface area contributed by atoms with Crippen molar-refractivity contribution in [3.63, 3.8) is 0 Å². The number of phenols is 3. The van der Waals surface area contributed by atoms with Crippen LogP contribution in [-0.2, 0) is 6.42 Å². The van der Waals surface area contributed by atoms with Gasteiger partial charge in [0.2, 0.25) is 0 Å². The molecule has 0 saturated carbocycles. The van der Waals surface area contributed by atoms with Gasteiger partial charge in [0.05, 0.1) is 19.6 Å². The van der Waals surface area contributed by atoms with Crippen molar-refractivity contribution in [2.24, 2.45) is 0 Å². The van der Waals surface area contributed by atoms with Crippen LogP contribution in [0.2, 0.25) is 0 Å². The molecule has 8 heteroatoms. The summed E-state index contributed by atoms with van der Waals surface area (Å²) in [6, 6.07) is 22.2. The van der Waals surface area contributed by atoms with E-state index >= 15 is 0 Å². The number of fused-ring (bicyclic) bond motifs is 3. The lowest BCUT2D eigenvalue weighted by Gasteiger charge is -2.38. The third kappa shape index (κ3) is 5.96. The van der Waals surface area contributed by atoms with Crippen molar-refractivity contribution in [2.75, 3.05) is 7.11 Å². The lowest BCUT2D eigenvalue weighted by molar-refractivity contribution is 0.0819. The van der Waals surface area contributed by atoms with E-state index in [1.807, 2.05) is 24.3 Å². The molecule has 0 fully saturated rings. The van der Waals surface area contributed by atoms with Crippen molar-refractivity contribution in [1.82, 2.24) is 0 Å². The van der Waals surface area contributed by atoms with Gasteiger partial charge in [-0.25, -0.2) is 0 Å². The normalized spacial score (nSPS) is 19.9. The maximum absolute atomic E-state index is 13.6. The standard InChI is InChI=1S/C35H34O8/c1-41-31-19-32-33(35-34(31)28(40)18-30(43-35)22-7-14-26(38)15-8-22)23(17-29(42-32)21-5-12-25(37)13-6-21)16-27(39)11-4-20-2-9-24(36)10-3-20/h2-3,5-10,12-15,19,23,27,29-30,36-39H,4,11,16-18H2,1H3/t23-,27+,29-,30?/m1/s1. The van der Waals surface area contributed by atoms with Gasteiger partial charge in [0, 0.05) is 11.6 Å². The molecule has 0 radical (unpaired) electrons. The Labute approximate surface area is 249 Å². The fraction of sp³-hybridized carbons (Fsp3) is 0.286. The Hall–Kier alpha value is -4.69. The molecule has 2 aliphatic rings. The summed E-state index contributed by atoms with van der Waals surface area (Å²) < 4.78 is 18.8. The molecule has 0 saturated heterocycles. The molecule has 4 aromatic rings. The molecule has 0 spiro atoms. The van der Waals surface area contributed by atoms with Crippen LogP contribution >= 0.6 is 0 Å². The maximum atomic E-state index is 13.6. The molecule has 4 aromatic carbocycles. The smallest absolute Gasteiger partial charge is 0.174 e. The van der Waals surface area contributed by atoms with Crippen molar-refractivity contribution in [3.8, 4) is 34.5 Å². The molecule has 222 valence electrons. The first-order valence-corrected chi connectivity index (χ1v) is 14.4. The molecule has 4 atom stereocenters. The summed E-state index contributed by atoms with van der Waals surface area (Å²) >= 11 is 0. The second kappa shape index (κ2) is 11.9. The third-order valence-corrected chi connectivity index (χ3v) is 8.34. The third-order valence-electron chi connectivity index (χ3n) is 8.34. The Kier molecular flexibility index (Phi) is 7.86. The zero-order chi connectivity index (χ0) is 30.1. The number of benzene rings is 4. The number of ketones is 1. The number of Topliss-reactive ketones (excluding diaryl/α,β-unsaturated/α-hetero) is 1. The quantitative estimate of drug-likeness (QED) is 0.185. The predicted octanol–water partition coefficient (Wildman–Crippen LogP) is 6.51. The van der Waals surface area contributed by atoms with Crippen molar-refractivity contribution >= 4 is 5.78 Å². The first-order valence-electron chi connectivity index (χ1n) is 14.4. The number of hydrogen-bond acceptors (Lipinski definition) is 8. The van der Waals surface area contributed by atoms with Gasteiger partial charge in [-0.3, -0.25) is 4.79 Å². The lowest BCUT2D eigenvalue weighted by atomic mass is 9.80. The number of ether oxygens (including phenoxy) is 3. The van der Waals surface area contributed by atoms with Crippen LogP contribution in [0.5, 0.6) is 34.5 Å². The molecule has 0 aromatic heterocycles. The number of methoxy groups -OCH3 is 1. The molecular formula is C35H34O8. The summed E-state index contributed by atoms with van der Waals surface area (Å²) in [5.41, 5.74) is 3.75. The molecule has 4 N–H and O–H groups in total. The Balaban J connectivity index is 1.37. The molecule has 6 rings (SSSR count). The molecule has 0 amide bonds. The Morgan fingerprint density at radius 2 is 1.42 bits per heavy atom. The zero-order valence-electron chi connectivity index (χ0n) is 23.8. The summed E-state index contributed by atoms with van der Waals surface area (Å²) in [4.78, 5) is 13.6. The van der Waals surface area contributed by atoms with Gasteiger partial charge >= 0.3 is 0 Å². The van der Waals surface area contributed by atoms with Crippen LogP contribution < -0.4 is 14.2 Å². The van der Waals surface area contributed by atoms with E-state index in [2.05, 4.69) is 0 Å². The van der Waals surface area contributed by atoms with E-state index in [9.17, 15) is 25.2 Å². The highest BCUT2D eigenvalue weighted by atomic mass is 16.5. The average Bonchev–Trinajstić information content (AvgIpc) is 3.00. The molecule has 0 bridgehead atoms. The van der Waals surface area contributed by atoms with Gasteiger partial charge in [0.1, 0.15) is 52.3 Å². The minimum absolute atomic E-state index is 0.115. The maximum Gasteiger partial charge on any atom is 0.174 e. The summed E-state index contributed by atoms with van der Waals surface area (Å²) in [5, 5.41) is 40.5. The minimum Gasteiger partial charge on any atom is -0.508 e. The van der Waals surface area contributed by atoms with Crippen LogP contribution in [0.15, 0.2) is 78.9 Å². The average molecular weight is 583 g/mol. The van der Waals surface area contributed by atoms with E-state index in [1.165, 1.54) is 7.11 Å². The van der Waals surface area contributed by atoms with E-state index in [0.717, 1.165) is 22.3 Å². The minimum atomic E-state index is -0.657. The first-order chi connectivity index (χ1) is 20.8. The van der Waals surface area contributed by atoms with E-state index in [4.69, 9.17) is 14.2 Å². The van der Waals surface area contributed by atoms with Gasteiger partial charge < -0.3 is 34.6 Å². The van der Waals surface area contributed by atoms with Crippen LogP contribution in [0.3, 0.4) is 0 Å². The molecule has 8 nitrogen and oxygen atoms in total. The number of rotatable bonds is 8. The number of aryl methyl sites for hydroxylation is 1. The van der Waals surface area contributed by atoms with Crippen molar-refractivity contribution < 1.29 is 39.4 Å². The number of aliphatic hydroxyl groups is 1. The van der Waals surface area contributed by atoms with E-state index in [0.29, 0.717) is 48.5 Å². The van der Waals surface area contributed by atoms with Crippen molar-refractivity contribution in [1.29, 1.82) is 0 Å². The predicted molar refractivity (Wildman–Crippen MR) is 159 cm³/mol. The molecule has 2 heterocycles. The van der Waals surface area contributed by atoms with Crippen molar-refractivity contribution in [2.45, 2.75) is 56.3 Å². The second-order valence-electron chi connectivity index (χ2n) is 11.2. The number of aromatic hydroxyl groups is 3. The second-order valence-corrected chi connectivity index (χ2v) is 11.2. The van der Waals surface area contributed by atoms with Gasteiger partial charge in [0.15, 0.2) is 5.78 Å². The van der Waals surface area contributed by atoms with Gasteiger partial charge in [-0.05, 0) is 84.7 Å². The van der Waals surface area contributed by atoms with E-state index in [-0.39, 0.29) is 41.5 Å². The number of aliphatic hydroxyl groups excluding tert-OH is 1.